The highest BCUT2D eigenvalue weighted by Gasteiger charge is 2.60. The molecule has 2 heterocycles. The number of carbonyl (C=O) groups excluding carboxylic acids is 1. The van der Waals surface area contributed by atoms with Gasteiger partial charge in [-0.3, -0.25) is 4.79 Å². The summed E-state index contributed by atoms with van der Waals surface area (Å²) in [6.45, 7) is 1.00. The second kappa shape index (κ2) is 3.59. The summed E-state index contributed by atoms with van der Waals surface area (Å²) in [6, 6.07) is 0. The normalized spacial score (nSPS) is 27.4. The number of hydrogen-bond donors (Lipinski definition) is 1. The molecule has 1 aromatic rings. The summed E-state index contributed by atoms with van der Waals surface area (Å²) < 4.78 is 2.18. The molecule has 0 saturated heterocycles. The predicted octanol–water partition coefficient (Wildman–Crippen LogP) is 2.35. The molecule has 2 saturated carbocycles. The van der Waals surface area contributed by atoms with Gasteiger partial charge in [0.25, 0.3) is 0 Å². The number of anilines is 1. The lowest BCUT2D eigenvalue weighted by molar-refractivity contribution is -0.118. The van der Waals surface area contributed by atoms with E-state index < -0.39 is 0 Å². The Balaban J connectivity index is 1.48. The maximum Gasteiger partial charge on any atom is 0.229 e. The zero-order valence-electron chi connectivity index (χ0n) is 10.6. The molecular formula is C14H19N3O. The van der Waals surface area contributed by atoms with Crippen LogP contribution in [0.5, 0.6) is 0 Å². The molecule has 4 nitrogen and oxygen atoms in total. The number of amides is 1. The van der Waals surface area contributed by atoms with Gasteiger partial charge in [0.2, 0.25) is 5.91 Å². The van der Waals surface area contributed by atoms with E-state index in [1.165, 1.54) is 32.1 Å². The van der Waals surface area contributed by atoms with Crippen LogP contribution < -0.4 is 5.32 Å². The number of hydrogen-bond acceptors (Lipinski definition) is 2. The van der Waals surface area contributed by atoms with Crippen LogP contribution in [-0.4, -0.2) is 15.5 Å². The molecule has 0 radical (unpaired) electrons. The van der Waals surface area contributed by atoms with Crippen LogP contribution in [0.1, 0.15) is 44.3 Å². The zero-order valence-corrected chi connectivity index (χ0v) is 10.6. The summed E-state index contributed by atoms with van der Waals surface area (Å²) in [5, 5.41) is 3.10. The Labute approximate surface area is 107 Å². The molecule has 1 aromatic heterocycles. The summed E-state index contributed by atoms with van der Waals surface area (Å²) >= 11 is 0. The van der Waals surface area contributed by atoms with E-state index >= 15 is 0 Å². The minimum atomic E-state index is 0.225. The van der Waals surface area contributed by atoms with Gasteiger partial charge in [0.1, 0.15) is 11.6 Å². The Hall–Kier alpha value is -1.32. The Morgan fingerprint density at radius 3 is 3.00 bits per heavy atom. The summed E-state index contributed by atoms with van der Waals surface area (Å²) in [6.07, 6.45) is 10.2. The second-order valence-electron chi connectivity index (χ2n) is 6.13. The molecule has 0 aromatic carbocycles. The Morgan fingerprint density at radius 1 is 1.39 bits per heavy atom. The number of fused-ring (bicyclic) bond motifs is 1. The monoisotopic (exact) mass is 245 g/mol. The molecule has 1 N–H and O–H groups in total. The molecule has 1 aliphatic heterocycles. The molecule has 18 heavy (non-hydrogen) atoms. The quantitative estimate of drug-likeness (QED) is 0.869. The maximum absolute atomic E-state index is 12.2. The van der Waals surface area contributed by atoms with Crippen molar-refractivity contribution in [3.63, 3.8) is 0 Å². The van der Waals surface area contributed by atoms with E-state index in [1.807, 2.05) is 6.20 Å². The van der Waals surface area contributed by atoms with Gasteiger partial charge in [-0.2, -0.15) is 0 Å². The van der Waals surface area contributed by atoms with E-state index in [-0.39, 0.29) is 11.8 Å². The molecular weight excluding hydrogens is 226 g/mol. The van der Waals surface area contributed by atoms with E-state index in [2.05, 4.69) is 14.9 Å². The van der Waals surface area contributed by atoms with Crippen LogP contribution >= 0.6 is 0 Å². The van der Waals surface area contributed by atoms with Gasteiger partial charge >= 0.3 is 0 Å². The molecule has 2 aliphatic carbocycles. The third kappa shape index (κ3) is 1.44. The van der Waals surface area contributed by atoms with Crippen LogP contribution in [0.2, 0.25) is 0 Å². The zero-order chi connectivity index (χ0) is 12.2. The molecule has 2 fully saturated rings. The van der Waals surface area contributed by atoms with Crippen molar-refractivity contribution in [3.05, 3.63) is 12.0 Å². The van der Waals surface area contributed by atoms with Gasteiger partial charge in [0, 0.05) is 18.9 Å². The minimum Gasteiger partial charge on any atom is -0.315 e. The summed E-state index contributed by atoms with van der Waals surface area (Å²) in [5.41, 5.74) is 0.412. The fraction of sp³-hybridized carbons (Fsp3) is 0.714. The number of aryl methyl sites for hydroxylation is 1. The lowest BCUT2D eigenvalue weighted by atomic mass is 9.80. The lowest BCUT2D eigenvalue weighted by Gasteiger charge is -2.26. The van der Waals surface area contributed by atoms with Gasteiger partial charge < -0.3 is 9.88 Å². The van der Waals surface area contributed by atoms with Crippen LogP contribution in [0.15, 0.2) is 6.20 Å². The summed E-state index contributed by atoms with van der Waals surface area (Å²) in [5.74, 6) is 2.55. The van der Waals surface area contributed by atoms with Crippen molar-refractivity contribution < 1.29 is 4.79 Å². The molecule has 96 valence electrons. The van der Waals surface area contributed by atoms with Gasteiger partial charge in [0.05, 0.1) is 6.20 Å². The number of carbonyl (C=O) groups is 1. The van der Waals surface area contributed by atoms with Crippen molar-refractivity contribution >= 4 is 11.7 Å². The summed E-state index contributed by atoms with van der Waals surface area (Å²) in [4.78, 5) is 16.6. The average molecular weight is 245 g/mol. The smallest absolute Gasteiger partial charge is 0.229 e. The van der Waals surface area contributed by atoms with Crippen LogP contribution in [0.3, 0.4) is 0 Å². The van der Waals surface area contributed by atoms with Gasteiger partial charge in [-0.05, 0) is 37.5 Å². The van der Waals surface area contributed by atoms with E-state index in [4.69, 9.17) is 0 Å². The van der Waals surface area contributed by atoms with Gasteiger partial charge in [-0.25, -0.2) is 4.98 Å². The van der Waals surface area contributed by atoms with Crippen molar-refractivity contribution in [1.82, 2.24) is 9.55 Å². The van der Waals surface area contributed by atoms with Crippen molar-refractivity contribution in [2.75, 3.05) is 5.32 Å². The number of nitrogens with one attached hydrogen (secondary N) is 1. The average Bonchev–Trinajstić information content (AvgIpc) is 3.01. The summed E-state index contributed by atoms with van der Waals surface area (Å²) in [7, 11) is 0. The van der Waals surface area contributed by atoms with Gasteiger partial charge in [0.15, 0.2) is 0 Å². The third-order valence-corrected chi connectivity index (χ3v) is 5.08. The number of aromatic nitrogens is 2. The van der Waals surface area contributed by atoms with E-state index in [0.29, 0.717) is 5.41 Å². The number of nitrogens with zero attached hydrogens (tertiary/aromatic N) is 2. The Kier molecular flexibility index (Phi) is 2.11. The van der Waals surface area contributed by atoms with Crippen molar-refractivity contribution in [3.8, 4) is 0 Å². The Bertz CT molecular complexity index is 501. The van der Waals surface area contributed by atoms with Crippen LogP contribution in [-0.2, 0) is 17.8 Å². The molecule has 1 amide bonds. The van der Waals surface area contributed by atoms with Crippen molar-refractivity contribution in [2.45, 2.75) is 51.5 Å². The van der Waals surface area contributed by atoms with Crippen molar-refractivity contribution in [1.29, 1.82) is 0 Å². The molecule has 1 atom stereocenters. The third-order valence-electron chi connectivity index (χ3n) is 5.08. The highest BCUT2D eigenvalue weighted by Crippen LogP contribution is 2.65. The van der Waals surface area contributed by atoms with Crippen LogP contribution in [0, 0.1) is 11.3 Å². The first-order valence-electron chi connectivity index (χ1n) is 7.14. The van der Waals surface area contributed by atoms with Crippen LogP contribution in [0.25, 0.3) is 0 Å². The molecule has 4 rings (SSSR count). The Morgan fingerprint density at radius 2 is 2.28 bits per heavy atom. The minimum absolute atomic E-state index is 0.225. The fourth-order valence-electron chi connectivity index (χ4n) is 3.63. The second-order valence-corrected chi connectivity index (χ2v) is 6.13. The standard InChI is InChI=1S/C14H19N3O/c18-13(10-8-14(10)5-3-6-14)16-12-9-15-11-4-1-2-7-17(11)12/h9-10H,1-8H2,(H,16,18). The van der Waals surface area contributed by atoms with E-state index in [9.17, 15) is 4.79 Å². The van der Waals surface area contributed by atoms with Gasteiger partial charge in [-0.1, -0.05) is 6.42 Å². The van der Waals surface area contributed by atoms with E-state index in [0.717, 1.165) is 31.0 Å². The van der Waals surface area contributed by atoms with Crippen molar-refractivity contribution in [2.24, 2.45) is 11.3 Å². The maximum atomic E-state index is 12.2. The van der Waals surface area contributed by atoms with E-state index in [1.54, 1.807) is 0 Å². The van der Waals surface area contributed by atoms with Crippen LogP contribution in [0.4, 0.5) is 5.82 Å². The molecule has 4 heteroatoms. The highest BCUT2D eigenvalue weighted by atomic mass is 16.2. The molecule has 1 unspecified atom stereocenters. The number of imidazole rings is 1. The number of rotatable bonds is 2. The largest absolute Gasteiger partial charge is 0.315 e. The first kappa shape index (κ1) is 10.6. The molecule has 3 aliphatic rings. The predicted molar refractivity (Wildman–Crippen MR) is 68.2 cm³/mol. The van der Waals surface area contributed by atoms with Gasteiger partial charge in [-0.15, -0.1) is 0 Å². The first-order chi connectivity index (χ1) is 8.78. The molecule has 0 bridgehead atoms. The molecule has 1 spiro atoms. The highest BCUT2D eigenvalue weighted by molar-refractivity contribution is 5.94. The fourth-order valence-corrected chi connectivity index (χ4v) is 3.63. The SMILES string of the molecule is O=C(Nc1cnc2n1CCCC2)C1CC12CCC2. The first-order valence-corrected chi connectivity index (χ1v) is 7.14. The topological polar surface area (TPSA) is 46.9 Å². The lowest BCUT2D eigenvalue weighted by Crippen LogP contribution is -2.24.